The molecule has 1 aromatic carbocycles. The first-order chi connectivity index (χ1) is 9.34. The van der Waals surface area contributed by atoms with Crippen LogP contribution in [0, 0.1) is 5.41 Å². The molecule has 3 N–H and O–H groups in total. The van der Waals surface area contributed by atoms with Crippen molar-refractivity contribution in [3.8, 4) is 0 Å². The summed E-state index contributed by atoms with van der Waals surface area (Å²) in [5.41, 5.74) is -0.0567. The number of amides is 1. The van der Waals surface area contributed by atoms with Gasteiger partial charge < -0.3 is 5.32 Å². The number of halogens is 2. The monoisotopic (exact) mass is 352 g/mol. The summed E-state index contributed by atoms with van der Waals surface area (Å²) in [4.78, 5) is 11.8. The number of nitrogens with one attached hydrogen (secondary N) is 1. The summed E-state index contributed by atoms with van der Waals surface area (Å²) in [6, 6.07) is 2.30. The molecule has 0 aliphatic rings. The van der Waals surface area contributed by atoms with Gasteiger partial charge in [0.25, 0.3) is 5.91 Å². The highest BCUT2D eigenvalue weighted by Crippen LogP contribution is 2.30. The molecule has 5 nitrogen and oxygen atoms in total. The quantitative estimate of drug-likeness (QED) is 0.876. The highest BCUT2D eigenvalue weighted by molar-refractivity contribution is 7.89. The third-order valence-corrected chi connectivity index (χ3v) is 5.06. The molecule has 1 atom stereocenters. The molecule has 0 saturated heterocycles. The van der Waals surface area contributed by atoms with E-state index in [-0.39, 0.29) is 32.0 Å². The SMILES string of the molecule is CC(NC(=O)c1cc(Cl)c(Cl)c(S(N)(=O)=O)c1)C(C)(C)C. The highest BCUT2D eigenvalue weighted by Gasteiger charge is 2.24. The molecule has 0 spiro atoms. The van der Waals surface area contributed by atoms with Gasteiger partial charge in [-0.2, -0.15) is 0 Å². The van der Waals surface area contributed by atoms with Crippen molar-refractivity contribution in [1.82, 2.24) is 5.32 Å². The fourth-order valence-electron chi connectivity index (χ4n) is 1.40. The van der Waals surface area contributed by atoms with E-state index in [1.165, 1.54) is 6.07 Å². The number of hydrogen-bond acceptors (Lipinski definition) is 3. The van der Waals surface area contributed by atoms with Crippen molar-refractivity contribution in [3.05, 3.63) is 27.7 Å². The third kappa shape index (κ3) is 4.57. The van der Waals surface area contributed by atoms with E-state index in [1.807, 2.05) is 27.7 Å². The lowest BCUT2D eigenvalue weighted by Crippen LogP contribution is -2.41. The Hall–Kier alpha value is -0.820. The Morgan fingerprint density at radius 2 is 1.81 bits per heavy atom. The Bertz CT molecular complexity index is 667. The Morgan fingerprint density at radius 3 is 2.24 bits per heavy atom. The Labute approximate surface area is 134 Å². The van der Waals surface area contributed by atoms with Gasteiger partial charge in [0.1, 0.15) is 4.90 Å². The van der Waals surface area contributed by atoms with E-state index in [0.29, 0.717) is 0 Å². The van der Waals surface area contributed by atoms with E-state index in [0.717, 1.165) is 6.07 Å². The molecule has 0 aliphatic carbocycles. The van der Waals surface area contributed by atoms with E-state index in [1.54, 1.807) is 0 Å². The van der Waals surface area contributed by atoms with Crippen molar-refractivity contribution in [2.24, 2.45) is 10.6 Å². The van der Waals surface area contributed by atoms with Crippen molar-refractivity contribution < 1.29 is 13.2 Å². The van der Waals surface area contributed by atoms with Crippen LogP contribution in [0.4, 0.5) is 0 Å². The van der Waals surface area contributed by atoms with Crippen LogP contribution in [0.2, 0.25) is 10.0 Å². The third-order valence-electron chi connectivity index (χ3n) is 3.21. The van der Waals surface area contributed by atoms with Crippen LogP contribution in [0.15, 0.2) is 17.0 Å². The van der Waals surface area contributed by atoms with Gasteiger partial charge in [-0.15, -0.1) is 0 Å². The van der Waals surface area contributed by atoms with Gasteiger partial charge in [0.15, 0.2) is 0 Å². The second kappa shape index (κ2) is 6.12. The van der Waals surface area contributed by atoms with Crippen LogP contribution in [0.3, 0.4) is 0 Å². The lowest BCUT2D eigenvalue weighted by Gasteiger charge is -2.28. The van der Waals surface area contributed by atoms with Gasteiger partial charge in [0, 0.05) is 11.6 Å². The summed E-state index contributed by atoms with van der Waals surface area (Å²) in [5, 5.41) is 7.61. The highest BCUT2D eigenvalue weighted by atomic mass is 35.5. The number of nitrogens with two attached hydrogens (primary N) is 1. The predicted octanol–water partition coefficient (Wildman–Crippen LogP) is 2.81. The van der Waals surface area contributed by atoms with Crippen molar-refractivity contribution in [2.75, 3.05) is 0 Å². The maximum Gasteiger partial charge on any atom is 0.251 e. The summed E-state index contributed by atoms with van der Waals surface area (Å²) in [6.07, 6.45) is 0. The summed E-state index contributed by atoms with van der Waals surface area (Å²) in [5.74, 6) is -0.444. The first-order valence-corrected chi connectivity index (χ1v) is 8.47. The number of rotatable bonds is 3. The minimum atomic E-state index is -4.07. The van der Waals surface area contributed by atoms with Crippen LogP contribution in [0.5, 0.6) is 0 Å². The largest absolute Gasteiger partial charge is 0.349 e. The summed E-state index contributed by atoms with van der Waals surface area (Å²) < 4.78 is 22.9. The van der Waals surface area contributed by atoms with Gasteiger partial charge in [-0.05, 0) is 24.5 Å². The van der Waals surface area contributed by atoms with Crippen molar-refractivity contribution in [3.63, 3.8) is 0 Å². The Kier molecular flexibility index (Phi) is 5.31. The van der Waals surface area contributed by atoms with Gasteiger partial charge in [0.05, 0.1) is 10.0 Å². The van der Waals surface area contributed by atoms with E-state index in [4.69, 9.17) is 28.3 Å². The molecular weight excluding hydrogens is 335 g/mol. The first kappa shape index (κ1) is 18.2. The molecule has 0 aromatic heterocycles. The minimum absolute atomic E-state index is 0.0447. The molecule has 1 aromatic rings. The topological polar surface area (TPSA) is 89.3 Å². The van der Waals surface area contributed by atoms with Crippen molar-refractivity contribution >= 4 is 39.1 Å². The van der Waals surface area contributed by atoms with Crippen molar-refractivity contribution in [1.29, 1.82) is 0 Å². The molecule has 0 saturated carbocycles. The lowest BCUT2D eigenvalue weighted by atomic mass is 9.88. The molecule has 1 amide bonds. The second-order valence-electron chi connectivity index (χ2n) is 5.88. The van der Waals surface area contributed by atoms with E-state index in [9.17, 15) is 13.2 Å². The maximum absolute atomic E-state index is 12.2. The van der Waals surface area contributed by atoms with E-state index < -0.39 is 15.9 Å². The zero-order chi connectivity index (χ0) is 16.6. The molecule has 0 aliphatic heterocycles. The molecule has 1 rings (SSSR count). The standard InChI is InChI=1S/C13H18Cl2N2O3S/c1-7(13(2,3)4)17-12(18)8-5-9(14)11(15)10(6-8)21(16,19)20/h5-7H,1-4H3,(H,17,18)(H2,16,19,20). The second-order valence-corrected chi connectivity index (χ2v) is 8.19. The minimum Gasteiger partial charge on any atom is -0.349 e. The molecule has 21 heavy (non-hydrogen) atoms. The summed E-state index contributed by atoms with van der Waals surface area (Å²) in [7, 11) is -4.07. The summed E-state index contributed by atoms with van der Waals surface area (Å²) in [6.45, 7) is 7.78. The number of hydrogen-bond donors (Lipinski definition) is 2. The normalized spacial score (nSPS) is 13.9. The Morgan fingerprint density at radius 1 is 1.29 bits per heavy atom. The number of sulfonamides is 1. The molecule has 0 fully saturated rings. The maximum atomic E-state index is 12.2. The zero-order valence-corrected chi connectivity index (χ0v) is 14.5. The van der Waals surface area contributed by atoms with E-state index >= 15 is 0 Å². The number of benzene rings is 1. The molecular formula is C13H18Cl2N2O3S. The molecule has 0 radical (unpaired) electrons. The Balaban J connectivity index is 3.21. The molecule has 0 bridgehead atoms. The van der Waals surface area contributed by atoms with Gasteiger partial charge >= 0.3 is 0 Å². The van der Waals surface area contributed by atoms with Crippen molar-refractivity contribution in [2.45, 2.75) is 38.6 Å². The lowest BCUT2D eigenvalue weighted by molar-refractivity contribution is 0.0910. The number of carbonyl (C=O) groups excluding carboxylic acids is 1. The molecule has 118 valence electrons. The average molecular weight is 353 g/mol. The zero-order valence-electron chi connectivity index (χ0n) is 12.2. The van der Waals surface area contributed by atoms with Gasteiger partial charge in [-0.1, -0.05) is 44.0 Å². The van der Waals surface area contributed by atoms with Crippen LogP contribution in [0.25, 0.3) is 0 Å². The average Bonchev–Trinajstić information content (AvgIpc) is 2.29. The number of primary sulfonamides is 1. The van der Waals surface area contributed by atoms with Crippen LogP contribution in [-0.4, -0.2) is 20.4 Å². The van der Waals surface area contributed by atoms with Crippen LogP contribution >= 0.6 is 23.2 Å². The summed E-state index contributed by atoms with van der Waals surface area (Å²) >= 11 is 11.7. The molecule has 1 unspecified atom stereocenters. The smallest absolute Gasteiger partial charge is 0.251 e. The van der Waals surface area contributed by atoms with Gasteiger partial charge in [-0.25, -0.2) is 13.6 Å². The van der Waals surface area contributed by atoms with Gasteiger partial charge in [-0.3, -0.25) is 4.79 Å². The molecule has 8 heteroatoms. The first-order valence-electron chi connectivity index (χ1n) is 6.16. The fourth-order valence-corrected chi connectivity index (χ4v) is 2.76. The van der Waals surface area contributed by atoms with Gasteiger partial charge in [0.2, 0.25) is 10.0 Å². The van der Waals surface area contributed by atoms with Crippen LogP contribution in [0.1, 0.15) is 38.1 Å². The molecule has 0 heterocycles. The predicted molar refractivity (Wildman–Crippen MR) is 84.2 cm³/mol. The number of carbonyl (C=O) groups is 1. The van der Waals surface area contributed by atoms with E-state index in [2.05, 4.69) is 5.32 Å². The fraction of sp³-hybridized carbons (Fsp3) is 0.462. The van der Waals surface area contributed by atoms with Crippen LogP contribution in [-0.2, 0) is 10.0 Å². The van der Waals surface area contributed by atoms with Crippen LogP contribution < -0.4 is 10.5 Å².